The van der Waals surface area contributed by atoms with Crippen molar-refractivity contribution in [3.05, 3.63) is 47.2 Å². The molecule has 3 N–H and O–H groups in total. The number of benzene rings is 1. The Morgan fingerprint density at radius 3 is 2.76 bits per heavy atom. The van der Waals surface area contributed by atoms with E-state index in [1.54, 1.807) is 0 Å². The second-order valence-electron chi connectivity index (χ2n) is 7.40. The van der Waals surface area contributed by atoms with Crippen molar-refractivity contribution in [2.75, 3.05) is 19.6 Å². The van der Waals surface area contributed by atoms with Crippen LogP contribution in [0.15, 0.2) is 33.9 Å². The lowest BCUT2D eigenvalue weighted by Gasteiger charge is -2.11. The van der Waals surface area contributed by atoms with Gasteiger partial charge in [-0.2, -0.15) is 4.98 Å². The lowest BCUT2D eigenvalue weighted by molar-refractivity contribution is 0.372. The first-order chi connectivity index (χ1) is 14.1. The standard InChI is InChI=1S/C22H32N6O/c1-5-16-8-7-9-18-17(14-26-20(16)18)10-12-24-22(23-6-2)25-13-11-19-27-21(15(3)4)28-29-19/h7-9,14-15,26H,5-6,10-13H2,1-4H3,(H2,23,24,25). The molecule has 0 aliphatic carbocycles. The lowest BCUT2D eigenvalue weighted by atomic mass is 10.1. The van der Waals surface area contributed by atoms with E-state index in [9.17, 15) is 0 Å². The normalized spacial score (nSPS) is 12.1. The summed E-state index contributed by atoms with van der Waals surface area (Å²) in [6.07, 6.45) is 4.72. The van der Waals surface area contributed by atoms with E-state index >= 15 is 0 Å². The second kappa shape index (κ2) is 10.1. The van der Waals surface area contributed by atoms with Crippen molar-refractivity contribution >= 4 is 16.9 Å². The average Bonchev–Trinajstić information content (AvgIpc) is 3.35. The molecule has 156 valence electrons. The number of hydrogen-bond donors (Lipinski definition) is 3. The van der Waals surface area contributed by atoms with Gasteiger partial charge in [-0.1, -0.05) is 44.1 Å². The van der Waals surface area contributed by atoms with E-state index in [1.807, 2.05) is 0 Å². The van der Waals surface area contributed by atoms with E-state index < -0.39 is 0 Å². The van der Waals surface area contributed by atoms with Gasteiger partial charge in [-0.3, -0.25) is 4.99 Å². The topological polar surface area (TPSA) is 91.1 Å². The summed E-state index contributed by atoms with van der Waals surface area (Å²) in [5, 5.41) is 12.0. The number of hydrogen-bond acceptors (Lipinski definition) is 4. The summed E-state index contributed by atoms with van der Waals surface area (Å²) in [4.78, 5) is 12.5. The van der Waals surface area contributed by atoms with Crippen LogP contribution in [0.25, 0.3) is 10.9 Å². The van der Waals surface area contributed by atoms with Crippen molar-refractivity contribution in [2.24, 2.45) is 4.99 Å². The number of fused-ring (bicyclic) bond motifs is 1. The van der Waals surface area contributed by atoms with Crippen LogP contribution in [0.3, 0.4) is 0 Å². The maximum Gasteiger partial charge on any atom is 0.228 e. The molecular formula is C22H32N6O. The van der Waals surface area contributed by atoms with Crippen LogP contribution in [-0.2, 0) is 19.3 Å². The number of guanidine groups is 1. The van der Waals surface area contributed by atoms with Crippen LogP contribution in [0.2, 0.25) is 0 Å². The molecule has 0 amide bonds. The van der Waals surface area contributed by atoms with Crippen LogP contribution in [0.5, 0.6) is 0 Å². The zero-order valence-electron chi connectivity index (χ0n) is 17.9. The molecular weight excluding hydrogens is 364 g/mol. The number of H-pyrrole nitrogens is 1. The van der Waals surface area contributed by atoms with E-state index in [4.69, 9.17) is 4.52 Å². The van der Waals surface area contributed by atoms with Gasteiger partial charge in [0.25, 0.3) is 0 Å². The minimum atomic E-state index is 0.271. The average molecular weight is 397 g/mol. The summed E-state index contributed by atoms with van der Waals surface area (Å²) in [7, 11) is 0. The smallest absolute Gasteiger partial charge is 0.228 e. The Morgan fingerprint density at radius 1 is 1.17 bits per heavy atom. The van der Waals surface area contributed by atoms with Crippen molar-refractivity contribution in [3.8, 4) is 0 Å². The molecule has 0 aliphatic rings. The van der Waals surface area contributed by atoms with E-state index in [2.05, 4.69) is 82.8 Å². The monoisotopic (exact) mass is 396 g/mol. The van der Waals surface area contributed by atoms with Crippen LogP contribution in [0.1, 0.15) is 56.5 Å². The number of para-hydroxylation sites is 1. The van der Waals surface area contributed by atoms with Crippen molar-refractivity contribution < 1.29 is 4.52 Å². The van der Waals surface area contributed by atoms with E-state index in [0.717, 1.165) is 37.7 Å². The first-order valence-corrected chi connectivity index (χ1v) is 10.5. The largest absolute Gasteiger partial charge is 0.361 e. The van der Waals surface area contributed by atoms with Crippen molar-refractivity contribution in [1.82, 2.24) is 25.8 Å². The number of nitrogens with one attached hydrogen (secondary N) is 3. The molecule has 3 aromatic rings. The van der Waals surface area contributed by atoms with E-state index in [1.165, 1.54) is 22.0 Å². The van der Waals surface area contributed by atoms with Gasteiger partial charge in [0.15, 0.2) is 11.8 Å². The fourth-order valence-corrected chi connectivity index (χ4v) is 3.30. The summed E-state index contributed by atoms with van der Waals surface area (Å²) in [6.45, 7) is 10.6. The highest BCUT2D eigenvalue weighted by Crippen LogP contribution is 2.22. The fraction of sp³-hybridized carbons (Fsp3) is 0.500. The number of aliphatic imine (C=N–C) groups is 1. The number of aryl methyl sites for hydroxylation is 1. The third-order valence-electron chi connectivity index (χ3n) is 4.90. The second-order valence-corrected chi connectivity index (χ2v) is 7.40. The molecule has 7 heteroatoms. The molecule has 7 nitrogen and oxygen atoms in total. The van der Waals surface area contributed by atoms with Gasteiger partial charge in [-0.15, -0.1) is 0 Å². The molecule has 0 radical (unpaired) electrons. The zero-order chi connectivity index (χ0) is 20.6. The quantitative estimate of drug-likeness (QED) is 0.380. The van der Waals surface area contributed by atoms with Crippen LogP contribution in [0, 0.1) is 0 Å². The molecule has 0 spiro atoms. The van der Waals surface area contributed by atoms with E-state index in [0.29, 0.717) is 18.9 Å². The van der Waals surface area contributed by atoms with E-state index in [-0.39, 0.29) is 5.92 Å². The van der Waals surface area contributed by atoms with Gasteiger partial charge in [0, 0.05) is 42.5 Å². The van der Waals surface area contributed by atoms with Gasteiger partial charge in [-0.05, 0) is 30.9 Å². The summed E-state index contributed by atoms with van der Waals surface area (Å²) < 4.78 is 5.28. The van der Waals surface area contributed by atoms with Gasteiger partial charge >= 0.3 is 0 Å². The Labute approximate surface area is 172 Å². The first kappa shape index (κ1) is 20.9. The first-order valence-electron chi connectivity index (χ1n) is 10.5. The molecule has 2 aromatic heterocycles. The highest BCUT2D eigenvalue weighted by Gasteiger charge is 2.09. The third kappa shape index (κ3) is 5.37. The molecule has 0 unspecified atom stereocenters. The minimum Gasteiger partial charge on any atom is -0.361 e. The SMILES string of the molecule is CCNC(=NCCc1nc(C(C)C)no1)NCCc1c[nH]c2c(CC)cccc12. The Balaban J connectivity index is 1.54. The number of aromatic nitrogens is 3. The highest BCUT2D eigenvalue weighted by atomic mass is 16.5. The van der Waals surface area contributed by atoms with Gasteiger partial charge in [0.1, 0.15) is 0 Å². The summed E-state index contributed by atoms with van der Waals surface area (Å²) >= 11 is 0. The Hall–Kier alpha value is -2.83. The Bertz CT molecular complexity index is 940. The van der Waals surface area contributed by atoms with Crippen LogP contribution in [-0.4, -0.2) is 40.7 Å². The van der Waals surface area contributed by atoms with Gasteiger partial charge in [-0.25, -0.2) is 0 Å². The predicted molar refractivity (Wildman–Crippen MR) is 117 cm³/mol. The molecule has 0 atom stereocenters. The van der Waals surface area contributed by atoms with Crippen LogP contribution in [0.4, 0.5) is 0 Å². The fourth-order valence-electron chi connectivity index (χ4n) is 3.30. The molecule has 0 saturated heterocycles. The molecule has 0 fully saturated rings. The van der Waals surface area contributed by atoms with Crippen molar-refractivity contribution in [1.29, 1.82) is 0 Å². The molecule has 3 rings (SSSR count). The highest BCUT2D eigenvalue weighted by molar-refractivity contribution is 5.86. The minimum absolute atomic E-state index is 0.271. The van der Waals surface area contributed by atoms with Crippen molar-refractivity contribution in [3.63, 3.8) is 0 Å². The Morgan fingerprint density at radius 2 is 2.03 bits per heavy atom. The number of aromatic amines is 1. The maximum absolute atomic E-state index is 5.28. The number of rotatable bonds is 9. The van der Waals surface area contributed by atoms with Crippen LogP contribution < -0.4 is 10.6 Å². The Kier molecular flexibility index (Phi) is 7.27. The van der Waals surface area contributed by atoms with Gasteiger partial charge in [0.2, 0.25) is 5.89 Å². The summed E-state index contributed by atoms with van der Waals surface area (Å²) in [6, 6.07) is 6.51. The molecule has 0 bridgehead atoms. The van der Waals surface area contributed by atoms with Crippen molar-refractivity contribution in [2.45, 2.75) is 52.9 Å². The molecule has 1 aromatic carbocycles. The predicted octanol–water partition coefficient (Wildman–Crippen LogP) is 3.58. The summed E-state index contributed by atoms with van der Waals surface area (Å²) in [5.41, 5.74) is 3.94. The van der Waals surface area contributed by atoms with Crippen LogP contribution >= 0.6 is 0 Å². The molecule has 0 aliphatic heterocycles. The molecule has 29 heavy (non-hydrogen) atoms. The zero-order valence-corrected chi connectivity index (χ0v) is 17.9. The third-order valence-corrected chi connectivity index (χ3v) is 4.90. The van der Waals surface area contributed by atoms with Gasteiger partial charge in [0.05, 0.1) is 6.54 Å². The lowest BCUT2D eigenvalue weighted by Crippen LogP contribution is -2.38. The maximum atomic E-state index is 5.28. The summed E-state index contributed by atoms with van der Waals surface area (Å²) in [5.74, 6) is 2.47. The molecule has 2 heterocycles. The number of nitrogens with zero attached hydrogens (tertiary/aromatic N) is 3. The van der Waals surface area contributed by atoms with Gasteiger partial charge < -0.3 is 20.1 Å². The molecule has 0 saturated carbocycles.